The number of carbonyl (C=O) groups excluding carboxylic acids is 2. The first-order valence-corrected chi connectivity index (χ1v) is 9.73. The first-order valence-electron chi connectivity index (χ1n) is 9.73. The molecule has 1 fully saturated rings. The van der Waals surface area contributed by atoms with E-state index in [0.29, 0.717) is 6.54 Å². The number of nitrogens with zero attached hydrogens (tertiary/aromatic N) is 1. The zero-order valence-electron chi connectivity index (χ0n) is 15.3. The van der Waals surface area contributed by atoms with Crippen LogP contribution in [0.2, 0.25) is 0 Å². The van der Waals surface area contributed by atoms with Gasteiger partial charge in [-0.15, -0.1) is 0 Å². The fraction of sp³-hybridized carbons (Fsp3) is 0.524. The van der Waals surface area contributed by atoms with Crippen molar-refractivity contribution in [2.45, 2.75) is 50.5 Å². The molecular formula is C21H26N2O4. The SMILES string of the molecule is O=C(N[C@@H]1C=C[C@H](CC(=O)N2CCc3ccccc3C2)O[C@@H]1CO)C1CC1. The molecule has 0 radical (unpaired) electrons. The number of carbonyl (C=O) groups is 2. The predicted molar refractivity (Wildman–Crippen MR) is 99.7 cm³/mol. The van der Waals surface area contributed by atoms with E-state index in [2.05, 4.69) is 17.4 Å². The Bertz CT molecular complexity index is 743. The minimum absolute atomic E-state index is 0.0215. The number of hydrogen-bond acceptors (Lipinski definition) is 4. The van der Waals surface area contributed by atoms with Crippen molar-refractivity contribution < 1.29 is 19.4 Å². The highest BCUT2D eigenvalue weighted by Gasteiger charge is 2.35. The van der Waals surface area contributed by atoms with Crippen LogP contribution in [0.3, 0.4) is 0 Å². The lowest BCUT2D eigenvalue weighted by molar-refractivity contribution is -0.137. The minimum atomic E-state index is -0.516. The quantitative estimate of drug-likeness (QED) is 0.763. The Morgan fingerprint density at radius 1 is 1.19 bits per heavy atom. The molecule has 1 aromatic rings. The van der Waals surface area contributed by atoms with E-state index in [1.54, 1.807) is 0 Å². The largest absolute Gasteiger partial charge is 0.394 e. The van der Waals surface area contributed by atoms with Crippen LogP contribution in [-0.4, -0.2) is 53.2 Å². The molecule has 1 aromatic carbocycles. The van der Waals surface area contributed by atoms with Crippen molar-refractivity contribution in [1.82, 2.24) is 10.2 Å². The van der Waals surface area contributed by atoms with E-state index < -0.39 is 6.10 Å². The summed E-state index contributed by atoms with van der Waals surface area (Å²) in [5.41, 5.74) is 2.51. The lowest BCUT2D eigenvalue weighted by Gasteiger charge is -2.34. The van der Waals surface area contributed by atoms with Crippen LogP contribution in [0, 0.1) is 5.92 Å². The molecular weight excluding hydrogens is 344 g/mol. The number of aliphatic hydroxyl groups is 1. The summed E-state index contributed by atoms with van der Waals surface area (Å²) in [6.45, 7) is 1.16. The van der Waals surface area contributed by atoms with E-state index in [-0.39, 0.29) is 42.9 Å². The summed E-state index contributed by atoms with van der Waals surface area (Å²) in [7, 11) is 0. The fourth-order valence-electron chi connectivity index (χ4n) is 3.77. The third-order valence-corrected chi connectivity index (χ3v) is 5.58. The molecule has 1 saturated carbocycles. The number of aliphatic hydroxyl groups excluding tert-OH is 1. The highest BCUT2D eigenvalue weighted by molar-refractivity contribution is 5.81. The number of rotatable bonds is 5. The van der Waals surface area contributed by atoms with Crippen LogP contribution < -0.4 is 5.32 Å². The van der Waals surface area contributed by atoms with Gasteiger partial charge in [0, 0.05) is 19.0 Å². The van der Waals surface area contributed by atoms with Gasteiger partial charge in [-0.25, -0.2) is 0 Å². The van der Waals surface area contributed by atoms with Crippen LogP contribution in [0.4, 0.5) is 0 Å². The number of benzene rings is 1. The van der Waals surface area contributed by atoms with Gasteiger partial charge < -0.3 is 20.1 Å². The lowest BCUT2D eigenvalue weighted by atomic mass is 9.99. The van der Waals surface area contributed by atoms with E-state index in [1.807, 2.05) is 29.2 Å². The highest BCUT2D eigenvalue weighted by atomic mass is 16.5. The zero-order chi connectivity index (χ0) is 18.8. The van der Waals surface area contributed by atoms with Gasteiger partial charge in [0.25, 0.3) is 0 Å². The van der Waals surface area contributed by atoms with Crippen molar-refractivity contribution >= 4 is 11.8 Å². The van der Waals surface area contributed by atoms with Crippen LogP contribution >= 0.6 is 0 Å². The Hall–Kier alpha value is -2.18. The second kappa shape index (κ2) is 7.82. The second-order valence-corrected chi connectivity index (χ2v) is 7.63. The van der Waals surface area contributed by atoms with E-state index in [0.717, 1.165) is 25.8 Å². The van der Waals surface area contributed by atoms with E-state index in [9.17, 15) is 14.7 Å². The molecule has 3 aliphatic rings. The summed E-state index contributed by atoms with van der Waals surface area (Å²) >= 11 is 0. The Labute approximate surface area is 159 Å². The first-order chi connectivity index (χ1) is 13.1. The summed E-state index contributed by atoms with van der Waals surface area (Å²) in [5.74, 6) is 0.184. The van der Waals surface area contributed by atoms with Crippen molar-refractivity contribution in [3.8, 4) is 0 Å². The van der Waals surface area contributed by atoms with Crippen LogP contribution in [-0.2, 0) is 27.3 Å². The topological polar surface area (TPSA) is 78.9 Å². The first kappa shape index (κ1) is 18.2. The van der Waals surface area contributed by atoms with Crippen molar-refractivity contribution in [2.24, 2.45) is 5.92 Å². The van der Waals surface area contributed by atoms with Crippen molar-refractivity contribution in [3.05, 3.63) is 47.5 Å². The van der Waals surface area contributed by atoms with Gasteiger partial charge in [0.2, 0.25) is 11.8 Å². The third kappa shape index (κ3) is 4.22. The summed E-state index contributed by atoms with van der Waals surface area (Å²) in [5, 5.41) is 12.6. The Kier molecular flexibility index (Phi) is 5.27. The minimum Gasteiger partial charge on any atom is -0.394 e. The van der Waals surface area contributed by atoms with Crippen molar-refractivity contribution in [1.29, 1.82) is 0 Å². The fourth-order valence-corrected chi connectivity index (χ4v) is 3.77. The molecule has 2 amide bonds. The summed E-state index contributed by atoms with van der Waals surface area (Å²) in [6.07, 6.45) is 5.79. The molecule has 0 spiro atoms. The Morgan fingerprint density at radius 3 is 2.70 bits per heavy atom. The van der Waals surface area contributed by atoms with Gasteiger partial charge in [-0.1, -0.05) is 36.4 Å². The maximum atomic E-state index is 12.7. The van der Waals surface area contributed by atoms with Gasteiger partial charge in [-0.05, 0) is 30.4 Å². The lowest BCUT2D eigenvalue weighted by Crippen LogP contribution is -2.49. The molecule has 2 N–H and O–H groups in total. The Balaban J connectivity index is 1.34. The molecule has 0 saturated heterocycles. The smallest absolute Gasteiger partial charge is 0.225 e. The number of amides is 2. The number of fused-ring (bicyclic) bond motifs is 1. The van der Waals surface area contributed by atoms with Gasteiger partial charge in [0.15, 0.2) is 0 Å². The summed E-state index contributed by atoms with van der Waals surface area (Å²) < 4.78 is 5.88. The number of hydrogen-bond donors (Lipinski definition) is 2. The molecule has 6 nitrogen and oxygen atoms in total. The maximum absolute atomic E-state index is 12.7. The van der Waals surface area contributed by atoms with E-state index >= 15 is 0 Å². The van der Waals surface area contributed by atoms with Crippen LogP contribution in [0.1, 0.15) is 30.4 Å². The number of ether oxygens (including phenoxy) is 1. The molecule has 3 atom stereocenters. The van der Waals surface area contributed by atoms with Gasteiger partial charge in [0.05, 0.1) is 25.2 Å². The molecule has 0 bridgehead atoms. The summed E-state index contributed by atoms with van der Waals surface area (Å²) in [6, 6.07) is 7.88. The average Bonchev–Trinajstić information content (AvgIpc) is 3.54. The van der Waals surface area contributed by atoms with Gasteiger partial charge in [-0.3, -0.25) is 9.59 Å². The molecule has 1 aliphatic carbocycles. The molecule has 6 heteroatoms. The molecule has 4 rings (SSSR count). The van der Waals surface area contributed by atoms with Gasteiger partial charge in [0.1, 0.15) is 6.10 Å². The Morgan fingerprint density at radius 2 is 1.96 bits per heavy atom. The summed E-state index contributed by atoms with van der Waals surface area (Å²) in [4.78, 5) is 26.5. The second-order valence-electron chi connectivity index (χ2n) is 7.63. The van der Waals surface area contributed by atoms with E-state index in [1.165, 1.54) is 11.1 Å². The molecule has 0 unspecified atom stereocenters. The van der Waals surface area contributed by atoms with Gasteiger partial charge in [-0.2, -0.15) is 0 Å². The molecule has 27 heavy (non-hydrogen) atoms. The zero-order valence-corrected chi connectivity index (χ0v) is 15.3. The van der Waals surface area contributed by atoms with Crippen molar-refractivity contribution in [2.75, 3.05) is 13.2 Å². The highest BCUT2D eigenvalue weighted by Crippen LogP contribution is 2.29. The average molecular weight is 370 g/mol. The predicted octanol–water partition coefficient (Wildman–Crippen LogP) is 1.17. The maximum Gasteiger partial charge on any atom is 0.225 e. The van der Waals surface area contributed by atoms with Crippen LogP contribution in [0.15, 0.2) is 36.4 Å². The standard InChI is InChI=1S/C21H26N2O4/c24-13-19-18(22-21(26)15-5-6-15)8-7-17(27-19)11-20(25)23-10-9-14-3-1-2-4-16(14)12-23/h1-4,7-8,15,17-19,24H,5-6,9-13H2,(H,22,26)/t17-,18-,19-/m1/s1. The van der Waals surface area contributed by atoms with Gasteiger partial charge >= 0.3 is 0 Å². The molecule has 2 heterocycles. The molecule has 2 aliphatic heterocycles. The molecule has 144 valence electrons. The monoisotopic (exact) mass is 370 g/mol. The third-order valence-electron chi connectivity index (χ3n) is 5.58. The normalized spacial score (nSPS) is 27.1. The van der Waals surface area contributed by atoms with Crippen LogP contribution in [0.25, 0.3) is 0 Å². The van der Waals surface area contributed by atoms with Crippen LogP contribution in [0.5, 0.6) is 0 Å². The molecule has 0 aromatic heterocycles. The van der Waals surface area contributed by atoms with E-state index in [4.69, 9.17) is 4.74 Å². The number of nitrogens with one attached hydrogen (secondary N) is 1. The van der Waals surface area contributed by atoms with Crippen molar-refractivity contribution in [3.63, 3.8) is 0 Å².